The lowest BCUT2D eigenvalue weighted by Gasteiger charge is -2.26. The Morgan fingerprint density at radius 1 is 0.540 bits per heavy atom. The van der Waals surface area contributed by atoms with Gasteiger partial charge in [-0.2, -0.15) is 0 Å². The molecule has 0 saturated carbocycles. The van der Waals surface area contributed by atoms with Crippen LogP contribution in [0.25, 0.3) is 60.7 Å². The molecule has 4 heterocycles. The van der Waals surface area contributed by atoms with Crippen molar-refractivity contribution in [2.45, 2.75) is 59.3 Å². The van der Waals surface area contributed by atoms with Crippen LogP contribution in [0.4, 0.5) is 22.7 Å². The SMILES string of the molecule is Cc1cc(-n2c3ccccc3c3ccc(Oc4cc(N5CN(c6cccc7oc8ccccc8c67)c6ccccc65)cc(C(C)(C)C)c4)cc32)ncc1-c1ccc(C(C)(C)C)cc1. The highest BCUT2D eigenvalue weighted by Gasteiger charge is 2.31. The number of anilines is 4. The van der Waals surface area contributed by atoms with Crippen LogP contribution >= 0.6 is 0 Å². The molecule has 0 spiro atoms. The largest absolute Gasteiger partial charge is 0.457 e. The van der Waals surface area contributed by atoms with Crippen molar-refractivity contribution in [2.75, 3.05) is 16.5 Å². The highest BCUT2D eigenvalue weighted by atomic mass is 16.5. The Morgan fingerprint density at radius 3 is 1.97 bits per heavy atom. The lowest BCUT2D eigenvalue weighted by molar-refractivity contribution is 0.479. The number of hydrogen-bond donors (Lipinski definition) is 0. The van der Waals surface area contributed by atoms with Crippen molar-refractivity contribution >= 4 is 66.5 Å². The van der Waals surface area contributed by atoms with Crippen LogP contribution in [0.2, 0.25) is 0 Å². The van der Waals surface area contributed by atoms with Crippen molar-refractivity contribution in [3.8, 4) is 28.4 Å². The van der Waals surface area contributed by atoms with E-state index in [-0.39, 0.29) is 10.8 Å². The van der Waals surface area contributed by atoms with Crippen LogP contribution in [0.15, 0.2) is 168 Å². The van der Waals surface area contributed by atoms with E-state index in [0.29, 0.717) is 6.67 Å². The number of benzene rings is 7. The van der Waals surface area contributed by atoms with E-state index in [1.54, 1.807) is 0 Å². The summed E-state index contributed by atoms with van der Waals surface area (Å²) >= 11 is 0. The van der Waals surface area contributed by atoms with Crippen LogP contribution in [0, 0.1) is 6.92 Å². The highest BCUT2D eigenvalue weighted by Crippen LogP contribution is 2.49. The summed E-state index contributed by atoms with van der Waals surface area (Å²) in [5, 5.41) is 4.56. The maximum absolute atomic E-state index is 6.95. The molecule has 0 saturated heterocycles. The summed E-state index contributed by atoms with van der Waals surface area (Å²) in [7, 11) is 0. The fraction of sp³-hybridized carbons (Fsp3) is 0.175. The Bertz CT molecular complexity index is 3400. The molecule has 0 N–H and O–H groups in total. The van der Waals surface area contributed by atoms with Gasteiger partial charge in [-0.15, -0.1) is 0 Å². The third-order valence-electron chi connectivity index (χ3n) is 12.8. The Kier molecular flexibility index (Phi) is 8.81. The van der Waals surface area contributed by atoms with Crippen molar-refractivity contribution < 1.29 is 9.15 Å². The van der Waals surface area contributed by atoms with Crippen molar-refractivity contribution in [3.63, 3.8) is 0 Å². The lowest BCUT2D eigenvalue weighted by Crippen LogP contribution is -2.24. The standard InChI is InChI=1S/C57H50N4O2/c1-36-29-54(58-34-46(36)37-23-25-38(26-24-37)56(2,3)4)61-47-17-10-8-15-43(47)44-28-27-41(33-51(44)61)62-42-31-39(57(5,6)7)30-40(32-42)59-35-60(49-19-12-11-18-48(49)59)50-20-14-22-53-55(50)45-16-9-13-21-52(45)63-53/h8-34H,35H2,1-7H3. The van der Waals surface area contributed by atoms with E-state index in [1.165, 1.54) is 27.6 Å². The van der Waals surface area contributed by atoms with Crippen LogP contribution in [0.3, 0.4) is 0 Å². The number of hydrogen-bond acceptors (Lipinski definition) is 5. The molecule has 0 aliphatic carbocycles. The number of fused-ring (bicyclic) bond motifs is 7. The van der Waals surface area contributed by atoms with E-state index >= 15 is 0 Å². The molecule has 1 aliphatic rings. The van der Waals surface area contributed by atoms with Crippen LogP contribution in [-0.4, -0.2) is 16.2 Å². The minimum atomic E-state index is -0.130. The first-order valence-corrected chi connectivity index (χ1v) is 21.9. The van der Waals surface area contributed by atoms with Crippen molar-refractivity contribution in [2.24, 2.45) is 0 Å². The molecule has 0 bridgehead atoms. The van der Waals surface area contributed by atoms with E-state index in [0.717, 1.165) is 84.0 Å². The molecular weight excluding hydrogens is 773 g/mol. The summed E-state index contributed by atoms with van der Waals surface area (Å²) in [6.07, 6.45) is 2.02. The first-order chi connectivity index (χ1) is 30.4. The van der Waals surface area contributed by atoms with Gasteiger partial charge in [-0.05, 0) is 107 Å². The molecular formula is C57H50N4O2. The molecule has 0 amide bonds. The maximum Gasteiger partial charge on any atom is 0.137 e. The number of pyridine rings is 1. The third kappa shape index (κ3) is 6.60. The Hall–Kier alpha value is -7.31. The predicted octanol–water partition coefficient (Wildman–Crippen LogP) is 15.7. The topological polar surface area (TPSA) is 46.7 Å². The fourth-order valence-corrected chi connectivity index (χ4v) is 9.37. The van der Waals surface area contributed by atoms with Gasteiger partial charge in [0.05, 0.1) is 33.5 Å². The van der Waals surface area contributed by atoms with Gasteiger partial charge in [-0.3, -0.25) is 4.57 Å². The molecule has 0 fully saturated rings. The summed E-state index contributed by atoms with van der Waals surface area (Å²) in [4.78, 5) is 9.92. The van der Waals surface area contributed by atoms with Gasteiger partial charge in [0.15, 0.2) is 0 Å². The summed E-state index contributed by atoms with van der Waals surface area (Å²) < 4.78 is 15.6. The van der Waals surface area contributed by atoms with Crippen LogP contribution < -0.4 is 14.5 Å². The zero-order valence-corrected chi connectivity index (χ0v) is 36.9. The van der Waals surface area contributed by atoms with E-state index in [2.05, 4.69) is 208 Å². The van der Waals surface area contributed by atoms with E-state index in [4.69, 9.17) is 14.1 Å². The molecule has 63 heavy (non-hydrogen) atoms. The van der Waals surface area contributed by atoms with Gasteiger partial charge in [0, 0.05) is 45.7 Å². The number of aryl methyl sites for hydroxylation is 1. The van der Waals surface area contributed by atoms with Gasteiger partial charge < -0.3 is 19.0 Å². The van der Waals surface area contributed by atoms with Crippen LogP contribution in [0.5, 0.6) is 11.5 Å². The Morgan fingerprint density at radius 2 is 1.21 bits per heavy atom. The zero-order valence-electron chi connectivity index (χ0n) is 36.9. The second kappa shape index (κ2) is 14.4. The predicted molar refractivity (Wildman–Crippen MR) is 262 cm³/mol. The van der Waals surface area contributed by atoms with Crippen LogP contribution in [0.1, 0.15) is 58.2 Å². The van der Waals surface area contributed by atoms with Gasteiger partial charge >= 0.3 is 0 Å². The first-order valence-electron chi connectivity index (χ1n) is 21.9. The smallest absolute Gasteiger partial charge is 0.137 e. The molecule has 310 valence electrons. The lowest BCUT2D eigenvalue weighted by atomic mass is 9.86. The molecule has 0 unspecified atom stereocenters. The average molecular weight is 823 g/mol. The first kappa shape index (κ1) is 38.6. The fourth-order valence-electron chi connectivity index (χ4n) is 9.37. The molecule has 1 aliphatic heterocycles. The Balaban J connectivity index is 0.978. The van der Waals surface area contributed by atoms with Crippen molar-refractivity contribution in [1.82, 2.24) is 9.55 Å². The number of para-hydroxylation sites is 4. The van der Waals surface area contributed by atoms with Crippen molar-refractivity contribution in [3.05, 3.63) is 181 Å². The molecule has 10 aromatic rings. The normalized spacial score (nSPS) is 13.2. The third-order valence-corrected chi connectivity index (χ3v) is 12.8. The quantitative estimate of drug-likeness (QED) is 0.167. The average Bonchev–Trinajstić information content (AvgIpc) is 3.96. The number of nitrogens with zero attached hydrogens (tertiary/aromatic N) is 4. The van der Waals surface area contributed by atoms with Gasteiger partial charge in [-0.25, -0.2) is 4.98 Å². The second-order valence-electron chi connectivity index (χ2n) is 19.0. The summed E-state index contributed by atoms with van der Waals surface area (Å²) in [5.74, 6) is 2.42. The zero-order chi connectivity index (χ0) is 43.2. The number of ether oxygens (including phenoxy) is 1. The summed E-state index contributed by atoms with van der Waals surface area (Å²) in [6, 6.07) is 56.2. The molecule has 6 nitrogen and oxygen atoms in total. The minimum absolute atomic E-state index is 0.0993. The highest BCUT2D eigenvalue weighted by molar-refractivity contribution is 6.13. The number of furan rings is 1. The number of rotatable bonds is 6. The maximum atomic E-state index is 6.95. The molecule has 11 rings (SSSR count). The molecule has 7 aromatic carbocycles. The Labute approximate surface area is 368 Å². The van der Waals surface area contributed by atoms with E-state index in [9.17, 15) is 0 Å². The van der Waals surface area contributed by atoms with Gasteiger partial charge in [-0.1, -0.05) is 120 Å². The van der Waals surface area contributed by atoms with Gasteiger partial charge in [0.1, 0.15) is 35.2 Å². The molecule has 6 heteroatoms. The number of aromatic nitrogens is 2. The van der Waals surface area contributed by atoms with Crippen LogP contribution in [-0.2, 0) is 10.8 Å². The van der Waals surface area contributed by atoms with Gasteiger partial charge in [0.2, 0.25) is 0 Å². The monoisotopic (exact) mass is 822 g/mol. The molecule has 3 aromatic heterocycles. The second-order valence-corrected chi connectivity index (χ2v) is 19.0. The van der Waals surface area contributed by atoms with E-state index < -0.39 is 0 Å². The van der Waals surface area contributed by atoms with Gasteiger partial charge in [0.25, 0.3) is 0 Å². The summed E-state index contributed by atoms with van der Waals surface area (Å²) in [5.41, 5.74) is 14.4. The molecule has 0 radical (unpaired) electrons. The minimum Gasteiger partial charge on any atom is -0.457 e. The van der Waals surface area contributed by atoms with E-state index in [1.807, 2.05) is 18.3 Å². The van der Waals surface area contributed by atoms with Crippen molar-refractivity contribution in [1.29, 1.82) is 0 Å². The molecule has 0 atom stereocenters. The summed E-state index contributed by atoms with van der Waals surface area (Å²) in [6.45, 7) is 16.3.